The van der Waals surface area contributed by atoms with Crippen LogP contribution in [-0.2, 0) is 9.53 Å². The van der Waals surface area contributed by atoms with Crippen LogP contribution in [0.15, 0.2) is 22.8 Å². The average molecular weight is 267 g/mol. The molecule has 19 heavy (non-hydrogen) atoms. The number of esters is 1. The van der Waals surface area contributed by atoms with Crippen molar-refractivity contribution in [2.45, 2.75) is 45.6 Å². The van der Waals surface area contributed by atoms with Crippen LogP contribution < -0.4 is 5.32 Å². The molecule has 0 aromatic carbocycles. The Morgan fingerprint density at radius 3 is 2.79 bits per heavy atom. The summed E-state index contributed by atoms with van der Waals surface area (Å²) in [5.41, 5.74) is 0. The van der Waals surface area contributed by atoms with E-state index in [-0.39, 0.29) is 5.76 Å². The highest BCUT2D eigenvalue weighted by Crippen LogP contribution is 2.02. The maximum Gasteiger partial charge on any atom is 0.328 e. The highest BCUT2D eigenvalue weighted by Gasteiger charge is 2.18. The Hall–Kier alpha value is -1.78. The molecule has 0 bridgehead atoms. The molecule has 0 aliphatic heterocycles. The summed E-state index contributed by atoms with van der Waals surface area (Å²) in [6, 6.07) is 2.48. The fraction of sp³-hybridized carbons (Fsp3) is 0.571. The number of nitrogens with one attached hydrogen (secondary N) is 1. The van der Waals surface area contributed by atoms with Crippen molar-refractivity contribution in [1.29, 1.82) is 0 Å². The number of hydrogen-bond donors (Lipinski definition) is 1. The van der Waals surface area contributed by atoms with Gasteiger partial charge in [-0.25, -0.2) is 4.79 Å². The van der Waals surface area contributed by atoms with Crippen LogP contribution in [0.4, 0.5) is 0 Å². The summed E-state index contributed by atoms with van der Waals surface area (Å²) in [5.74, 6) is -0.653. The van der Waals surface area contributed by atoms with E-state index in [0.717, 1.165) is 25.7 Å². The minimum atomic E-state index is -0.677. The topological polar surface area (TPSA) is 68.5 Å². The van der Waals surface area contributed by atoms with Crippen molar-refractivity contribution in [3.63, 3.8) is 0 Å². The van der Waals surface area contributed by atoms with Gasteiger partial charge in [0.25, 0.3) is 5.91 Å². The van der Waals surface area contributed by atoms with Gasteiger partial charge >= 0.3 is 5.97 Å². The fourth-order valence-corrected chi connectivity index (χ4v) is 1.56. The second kappa shape index (κ2) is 8.34. The predicted molar refractivity (Wildman–Crippen MR) is 70.7 cm³/mol. The average Bonchev–Trinajstić information content (AvgIpc) is 2.92. The number of ether oxygens (including phenoxy) is 1. The summed E-state index contributed by atoms with van der Waals surface area (Å²) in [5, 5.41) is 2.53. The zero-order chi connectivity index (χ0) is 14.1. The first-order valence-electron chi connectivity index (χ1n) is 6.66. The third-order valence-corrected chi connectivity index (χ3v) is 2.69. The summed E-state index contributed by atoms with van der Waals surface area (Å²) < 4.78 is 10.0. The van der Waals surface area contributed by atoms with Crippen molar-refractivity contribution in [1.82, 2.24) is 5.32 Å². The van der Waals surface area contributed by atoms with Crippen molar-refractivity contribution in [3.8, 4) is 0 Å². The van der Waals surface area contributed by atoms with E-state index in [4.69, 9.17) is 9.15 Å². The summed E-state index contributed by atoms with van der Waals surface area (Å²) in [6.45, 7) is 4.12. The number of hydrogen-bond acceptors (Lipinski definition) is 4. The quantitative estimate of drug-likeness (QED) is 0.580. The SMILES string of the molecule is CCCCCCOC(=O)[C@H](C)NC(=O)c1ccco1. The lowest BCUT2D eigenvalue weighted by molar-refractivity contribution is -0.145. The number of furan rings is 1. The van der Waals surface area contributed by atoms with Gasteiger partial charge in [-0.15, -0.1) is 0 Å². The third kappa shape index (κ3) is 5.59. The van der Waals surface area contributed by atoms with Crippen molar-refractivity contribution < 1.29 is 18.7 Å². The van der Waals surface area contributed by atoms with Crippen molar-refractivity contribution in [2.75, 3.05) is 6.61 Å². The number of carbonyl (C=O) groups excluding carboxylic acids is 2. The Bertz CT molecular complexity index is 386. The molecule has 0 saturated carbocycles. The summed E-state index contributed by atoms with van der Waals surface area (Å²) >= 11 is 0. The molecular formula is C14H21NO4. The standard InChI is InChI=1S/C14H21NO4/c1-3-4-5-6-9-19-14(17)11(2)15-13(16)12-8-7-10-18-12/h7-8,10-11H,3-6,9H2,1-2H3,(H,15,16)/t11-/m0/s1. The Balaban J connectivity index is 2.23. The van der Waals surface area contributed by atoms with Crippen LogP contribution >= 0.6 is 0 Å². The molecule has 0 fully saturated rings. The fourth-order valence-electron chi connectivity index (χ4n) is 1.56. The van der Waals surface area contributed by atoms with E-state index in [1.165, 1.54) is 12.3 Å². The first-order chi connectivity index (χ1) is 9.15. The van der Waals surface area contributed by atoms with Crippen molar-refractivity contribution >= 4 is 11.9 Å². The third-order valence-electron chi connectivity index (χ3n) is 2.69. The number of unbranched alkanes of at least 4 members (excludes halogenated alkanes) is 3. The Labute approximate surface area is 113 Å². The molecule has 1 aromatic heterocycles. The van der Waals surface area contributed by atoms with E-state index in [1.54, 1.807) is 13.0 Å². The molecule has 0 spiro atoms. The Morgan fingerprint density at radius 1 is 1.37 bits per heavy atom. The van der Waals surface area contributed by atoms with Gasteiger partial charge in [0.15, 0.2) is 5.76 Å². The molecule has 106 valence electrons. The minimum Gasteiger partial charge on any atom is -0.464 e. The van der Waals surface area contributed by atoms with Crippen LogP contribution in [0.1, 0.15) is 50.1 Å². The molecule has 1 amide bonds. The van der Waals surface area contributed by atoms with Gasteiger partial charge in [0.05, 0.1) is 12.9 Å². The largest absolute Gasteiger partial charge is 0.464 e. The smallest absolute Gasteiger partial charge is 0.328 e. The highest BCUT2D eigenvalue weighted by atomic mass is 16.5. The van der Waals surface area contributed by atoms with Gasteiger partial charge in [0.1, 0.15) is 6.04 Å². The second-order valence-corrected chi connectivity index (χ2v) is 4.40. The van der Waals surface area contributed by atoms with Gasteiger partial charge in [0.2, 0.25) is 0 Å². The van der Waals surface area contributed by atoms with E-state index >= 15 is 0 Å². The number of carbonyl (C=O) groups is 2. The molecule has 0 aliphatic rings. The Kier molecular flexibility index (Phi) is 6.71. The lowest BCUT2D eigenvalue weighted by atomic mass is 10.2. The highest BCUT2D eigenvalue weighted by molar-refractivity contribution is 5.94. The molecule has 5 heteroatoms. The van der Waals surface area contributed by atoms with E-state index in [1.807, 2.05) is 0 Å². The summed E-state index contributed by atoms with van der Waals surface area (Å²) in [4.78, 5) is 23.2. The summed E-state index contributed by atoms with van der Waals surface area (Å²) in [6.07, 6.45) is 5.60. The molecule has 0 radical (unpaired) electrons. The van der Waals surface area contributed by atoms with Gasteiger partial charge in [-0.1, -0.05) is 26.2 Å². The molecule has 1 N–H and O–H groups in total. The lowest BCUT2D eigenvalue weighted by Gasteiger charge is -2.12. The van der Waals surface area contributed by atoms with E-state index in [9.17, 15) is 9.59 Å². The van der Waals surface area contributed by atoms with Crippen LogP contribution in [0, 0.1) is 0 Å². The van der Waals surface area contributed by atoms with Crippen LogP contribution in [0.2, 0.25) is 0 Å². The molecule has 0 saturated heterocycles. The zero-order valence-electron chi connectivity index (χ0n) is 11.5. The number of amides is 1. The van der Waals surface area contributed by atoms with Gasteiger partial charge in [0, 0.05) is 0 Å². The second-order valence-electron chi connectivity index (χ2n) is 4.40. The summed E-state index contributed by atoms with van der Waals surface area (Å²) in [7, 11) is 0. The molecule has 0 unspecified atom stereocenters. The van der Waals surface area contributed by atoms with Gasteiger partial charge in [-0.2, -0.15) is 0 Å². The van der Waals surface area contributed by atoms with Crippen LogP contribution in [-0.4, -0.2) is 24.5 Å². The van der Waals surface area contributed by atoms with E-state index < -0.39 is 17.9 Å². The Morgan fingerprint density at radius 2 is 2.16 bits per heavy atom. The molecule has 1 rings (SSSR count). The van der Waals surface area contributed by atoms with Crippen molar-refractivity contribution in [2.24, 2.45) is 0 Å². The molecular weight excluding hydrogens is 246 g/mol. The van der Waals surface area contributed by atoms with E-state index in [2.05, 4.69) is 12.2 Å². The van der Waals surface area contributed by atoms with Crippen LogP contribution in [0.25, 0.3) is 0 Å². The normalized spacial score (nSPS) is 11.9. The lowest BCUT2D eigenvalue weighted by Crippen LogP contribution is -2.39. The maximum atomic E-state index is 11.6. The maximum absolute atomic E-state index is 11.6. The van der Waals surface area contributed by atoms with Crippen molar-refractivity contribution in [3.05, 3.63) is 24.2 Å². The molecule has 1 heterocycles. The zero-order valence-corrected chi connectivity index (χ0v) is 11.5. The first kappa shape index (κ1) is 15.3. The van der Waals surface area contributed by atoms with Crippen LogP contribution in [0.5, 0.6) is 0 Å². The van der Waals surface area contributed by atoms with Crippen LogP contribution in [0.3, 0.4) is 0 Å². The first-order valence-corrected chi connectivity index (χ1v) is 6.66. The van der Waals surface area contributed by atoms with E-state index in [0.29, 0.717) is 6.61 Å². The molecule has 1 atom stereocenters. The minimum absolute atomic E-state index is 0.183. The van der Waals surface area contributed by atoms with Gasteiger partial charge in [-0.05, 0) is 25.5 Å². The number of rotatable bonds is 8. The predicted octanol–water partition coefficient (Wildman–Crippen LogP) is 2.52. The van der Waals surface area contributed by atoms with Gasteiger partial charge < -0.3 is 14.5 Å². The van der Waals surface area contributed by atoms with Gasteiger partial charge in [-0.3, -0.25) is 4.79 Å². The molecule has 0 aliphatic carbocycles. The molecule has 5 nitrogen and oxygen atoms in total. The molecule has 1 aromatic rings. The monoisotopic (exact) mass is 267 g/mol.